The molecular weight excluding hydrogens is 313 g/mol. The number of hydrogen-bond donors (Lipinski definition) is 1. The fourth-order valence-electron chi connectivity index (χ4n) is 1.35. The fourth-order valence-corrected chi connectivity index (χ4v) is 1.47. The van der Waals surface area contributed by atoms with Gasteiger partial charge < -0.3 is 14.6 Å². The first-order valence-electron chi connectivity index (χ1n) is 5.91. The van der Waals surface area contributed by atoms with Gasteiger partial charge in [-0.2, -0.15) is 0 Å². The molecule has 1 aromatic carbocycles. The van der Waals surface area contributed by atoms with E-state index in [0.29, 0.717) is 12.8 Å². The van der Waals surface area contributed by atoms with Gasteiger partial charge in [-0.05, 0) is 18.9 Å². The van der Waals surface area contributed by atoms with Crippen molar-refractivity contribution in [3.05, 3.63) is 34.3 Å². The number of ether oxygens (including phenoxy) is 2. The highest BCUT2D eigenvalue weighted by Gasteiger charge is 2.13. The van der Waals surface area contributed by atoms with Crippen molar-refractivity contribution in [2.45, 2.75) is 12.8 Å². The van der Waals surface area contributed by atoms with Gasteiger partial charge in [0.1, 0.15) is 16.8 Å². The summed E-state index contributed by atoms with van der Waals surface area (Å²) in [5, 5.41) is 8.59. The molecule has 112 valence electrons. The summed E-state index contributed by atoms with van der Waals surface area (Å²) in [5.41, 5.74) is 0. The Morgan fingerprint density at radius 2 is 1.80 bits per heavy atom. The Hall–Kier alpha value is -1.04. The van der Waals surface area contributed by atoms with Crippen molar-refractivity contribution in [2.24, 2.45) is 0 Å². The van der Waals surface area contributed by atoms with Crippen LogP contribution >= 0.6 is 23.2 Å². The van der Waals surface area contributed by atoms with Crippen LogP contribution in [0, 0.1) is 11.6 Å². The molecule has 0 aromatic heterocycles. The third-order valence-corrected chi connectivity index (χ3v) is 2.57. The van der Waals surface area contributed by atoms with E-state index in [-0.39, 0.29) is 30.1 Å². The number of aliphatic hydroxyl groups is 1. The largest absolute Gasteiger partial charge is 0.489 e. The number of hydrogen-bond acceptors (Lipinski definition) is 3. The van der Waals surface area contributed by atoms with Crippen molar-refractivity contribution in [2.75, 3.05) is 19.8 Å². The van der Waals surface area contributed by atoms with Gasteiger partial charge in [-0.15, -0.1) is 0 Å². The Labute approximate surface area is 125 Å². The molecule has 0 bridgehead atoms. The number of unbranched alkanes of at least 4 members (excludes halogenated alkanes) is 1. The third-order valence-electron chi connectivity index (χ3n) is 2.26. The second kappa shape index (κ2) is 9.00. The van der Waals surface area contributed by atoms with Crippen molar-refractivity contribution in [1.29, 1.82) is 0 Å². The van der Waals surface area contributed by atoms with E-state index in [1.807, 2.05) is 0 Å². The second-order valence-electron chi connectivity index (χ2n) is 3.80. The number of halogens is 4. The monoisotopic (exact) mass is 326 g/mol. The summed E-state index contributed by atoms with van der Waals surface area (Å²) in [4.78, 5) is 0. The van der Waals surface area contributed by atoms with Crippen LogP contribution in [0.1, 0.15) is 12.8 Å². The van der Waals surface area contributed by atoms with Gasteiger partial charge in [0.2, 0.25) is 0 Å². The van der Waals surface area contributed by atoms with Crippen LogP contribution in [0.3, 0.4) is 0 Å². The van der Waals surface area contributed by atoms with E-state index in [0.717, 1.165) is 12.1 Å². The zero-order chi connectivity index (χ0) is 15.0. The van der Waals surface area contributed by atoms with Crippen molar-refractivity contribution in [3.63, 3.8) is 0 Å². The van der Waals surface area contributed by atoms with Gasteiger partial charge in [0, 0.05) is 18.7 Å². The Bertz CT molecular complexity index is 440. The van der Waals surface area contributed by atoms with Crippen molar-refractivity contribution >= 4 is 23.2 Å². The maximum absolute atomic E-state index is 13.6. The molecule has 1 rings (SSSR count). The van der Waals surface area contributed by atoms with Crippen molar-refractivity contribution in [3.8, 4) is 11.5 Å². The van der Waals surface area contributed by atoms with Crippen LogP contribution < -0.4 is 9.47 Å². The Balaban J connectivity index is 2.63. The molecule has 7 heteroatoms. The minimum Gasteiger partial charge on any atom is -0.489 e. The molecule has 0 aliphatic rings. The molecular formula is C13H14Cl2F2O3. The third kappa shape index (κ3) is 5.94. The molecule has 0 aliphatic heterocycles. The van der Waals surface area contributed by atoms with Crippen molar-refractivity contribution < 1.29 is 23.4 Å². The maximum atomic E-state index is 13.6. The summed E-state index contributed by atoms with van der Waals surface area (Å²) >= 11 is 10.8. The molecule has 0 spiro atoms. The highest BCUT2D eigenvalue weighted by atomic mass is 35.5. The highest BCUT2D eigenvalue weighted by molar-refractivity contribution is 6.55. The lowest BCUT2D eigenvalue weighted by Crippen LogP contribution is -2.03. The summed E-state index contributed by atoms with van der Waals surface area (Å²) in [5.74, 6) is -2.16. The first-order valence-corrected chi connectivity index (χ1v) is 6.67. The maximum Gasteiger partial charge on any atom is 0.190 e. The zero-order valence-corrected chi connectivity index (χ0v) is 12.1. The summed E-state index contributed by atoms with van der Waals surface area (Å²) in [6.45, 7) is 0.134. The van der Waals surface area contributed by atoms with Gasteiger partial charge in [0.05, 0.1) is 6.61 Å². The number of benzene rings is 1. The van der Waals surface area contributed by atoms with Gasteiger partial charge in [-0.3, -0.25) is 0 Å². The molecule has 20 heavy (non-hydrogen) atoms. The summed E-state index contributed by atoms with van der Waals surface area (Å²) in [7, 11) is 0. The average Bonchev–Trinajstić information content (AvgIpc) is 2.36. The topological polar surface area (TPSA) is 38.7 Å². The Morgan fingerprint density at radius 3 is 2.35 bits per heavy atom. The van der Waals surface area contributed by atoms with Crippen molar-refractivity contribution in [1.82, 2.24) is 0 Å². The molecule has 1 aromatic rings. The van der Waals surface area contributed by atoms with E-state index in [9.17, 15) is 8.78 Å². The van der Waals surface area contributed by atoms with Crippen LogP contribution in [0.15, 0.2) is 22.7 Å². The molecule has 1 N–H and O–H groups in total. The van der Waals surface area contributed by atoms with E-state index in [4.69, 9.17) is 37.8 Å². The molecule has 0 atom stereocenters. The van der Waals surface area contributed by atoms with Gasteiger partial charge in [0.15, 0.2) is 17.4 Å². The fraction of sp³-hybridized carbons (Fsp3) is 0.385. The predicted molar refractivity (Wildman–Crippen MR) is 73.5 cm³/mol. The molecule has 0 fully saturated rings. The van der Waals surface area contributed by atoms with Crippen LogP contribution in [0.5, 0.6) is 11.5 Å². The highest BCUT2D eigenvalue weighted by Crippen LogP contribution is 2.27. The average molecular weight is 327 g/mol. The number of aliphatic hydroxyl groups excluding tert-OH is 1. The lowest BCUT2D eigenvalue weighted by molar-refractivity contribution is 0.241. The van der Waals surface area contributed by atoms with E-state index in [2.05, 4.69) is 0 Å². The molecule has 0 amide bonds. The Morgan fingerprint density at radius 1 is 1.15 bits per heavy atom. The SMILES string of the molecule is OCCCCOc1c(F)cc(OCC=C(Cl)Cl)cc1F. The second-order valence-corrected chi connectivity index (χ2v) is 4.81. The predicted octanol–water partition coefficient (Wildman–Crippen LogP) is 3.81. The molecule has 0 aliphatic carbocycles. The molecule has 0 saturated carbocycles. The lowest BCUT2D eigenvalue weighted by Gasteiger charge is -2.10. The van der Waals surface area contributed by atoms with Crippen LogP contribution in [0.2, 0.25) is 0 Å². The standard InChI is InChI=1S/C13H14Cl2F2O3/c14-12(15)3-6-19-9-7-10(16)13(11(17)8-9)20-5-2-1-4-18/h3,7-8,18H,1-2,4-6H2. The van der Waals surface area contributed by atoms with Gasteiger partial charge in [-0.25, -0.2) is 8.78 Å². The van der Waals surface area contributed by atoms with Gasteiger partial charge >= 0.3 is 0 Å². The minimum absolute atomic E-state index is 0.00207. The molecule has 0 unspecified atom stereocenters. The van der Waals surface area contributed by atoms with Crippen LogP contribution in [-0.2, 0) is 0 Å². The summed E-state index contributed by atoms with van der Waals surface area (Å²) in [6.07, 6.45) is 2.36. The van der Waals surface area contributed by atoms with E-state index >= 15 is 0 Å². The van der Waals surface area contributed by atoms with E-state index in [1.165, 1.54) is 6.08 Å². The van der Waals surface area contributed by atoms with Gasteiger partial charge in [-0.1, -0.05) is 23.2 Å². The Kier molecular flexibility index (Phi) is 7.65. The smallest absolute Gasteiger partial charge is 0.190 e. The quantitative estimate of drug-likeness (QED) is 0.738. The summed E-state index contributed by atoms with van der Waals surface area (Å²) in [6, 6.07) is 2.03. The normalized spacial score (nSPS) is 10.2. The van der Waals surface area contributed by atoms with Crippen LogP contribution in [0.25, 0.3) is 0 Å². The minimum atomic E-state index is -0.857. The lowest BCUT2D eigenvalue weighted by atomic mass is 10.3. The first kappa shape index (κ1) is 17.0. The van der Waals surface area contributed by atoms with E-state index < -0.39 is 17.4 Å². The molecule has 0 saturated heterocycles. The number of rotatable bonds is 8. The zero-order valence-electron chi connectivity index (χ0n) is 10.5. The first-order chi connectivity index (χ1) is 9.54. The van der Waals surface area contributed by atoms with E-state index in [1.54, 1.807) is 0 Å². The molecule has 0 radical (unpaired) electrons. The summed E-state index contributed by atoms with van der Waals surface area (Å²) < 4.78 is 37.4. The van der Waals surface area contributed by atoms with Gasteiger partial charge in [0.25, 0.3) is 0 Å². The van der Waals surface area contributed by atoms with Crippen LogP contribution in [-0.4, -0.2) is 24.9 Å². The van der Waals surface area contributed by atoms with Crippen LogP contribution in [0.4, 0.5) is 8.78 Å². The molecule has 0 heterocycles. The molecule has 3 nitrogen and oxygen atoms in total.